The molecule has 0 fully saturated rings. The van der Waals surface area contributed by atoms with Crippen LogP contribution in [0.15, 0.2) is 10.5 Å². The van der Waals surface area contributed by atoms with Crippen molar-refractivity contribution >= 4 is 39.1 Å². The SMILES string of the molecule is Cc1c(Br)cc(Cl)c2c1N(C)C(=O)C(C)O2. The van der Waals surface area contributed by atoms with Crippen LogP contribution in [0.25, 0.3) is 0 Å². The summed E-state index contributed by atoms with van der Waals surface area (Å²) in [4.78, 5) is 13.4. The van der Waals surface area contributed by atoms with Crippen molar-refractivity contribution < 1.29 is 9.53 Å². The van der Waals surface area contributed by atoms with Gasteiger partial charge in [0.05, 0.1) is 10.7 Å². The Hall–Kier alpha value is -0.740. The van der Waals surface area contributed by atoms with Crippen molar-refractivity contribution in [2.24, 2.45) is 0 Å². The maximum atomic E-state index is 11.8. The molecule has 0 spiro atoms. The summed E-state index contributed by atoms with van der Waals surface area (Å²) in [5.41, 5.74) is 1.68. The number of nitrogens with zero attached hydrogens (tertiary/aromatic N) is 1. The second kappa shape index (κ2) is 3.93. The van der Waals surface area contributed by atoms with Crippen molar-refractivity contribution in [1.82, 2.24) is 0 Å². The molecular formula is C11H11BrClNO2. The monoisotopic (exact) mass is 303 g/mol. The summed E-state index contributed by atoms with van der Waals surface area (Å²) < 4.78 is 6.41. The summed E-state index contributed by atoms with van der Waals surface area (Å²) in [6, 6.07) is 1.78. The minimum Gasteiger partial charge on any atom is -0.477 e. The van der Waals surface area contributed by atoms with Crippen LogP contribution >= 0.6 is 27.5 Å². The summed E-state index contributed by atoms with van der Waals surface area (Å²) in [7, 11) is 1.73. The van der Waals surface area contributed by atoms with Gasteiger partial charge in [0.15, 0.2) is 11.9 Å². The van der Waals surface area contributed by atoms with E-state index in [0.29, 0.717) is 10.8 Å². The molecule has 0 aliphatic carbocycles. The van der Waals surface area contributed by atoms with Crippen LogP contribution < -0.4 is 9.64 Å². The number of hydrogen-bond acceptors (Lipinski definition) is 2. The van der Waals surface area contributed by atoms with E-state index < -0.39 is 6.10 Å². The summed E-state index contributed by atoms with van der Waals surface area (Å²) in [6.45, 7) is 3.64. The maximum absolute atomic E-state index is 11.8. The first-order valence-corrected chi connectivity index (χ1v) is 6.03. The number of carbonyl (C=O) groups excluding carboxylic acids is 1. The Kier molecular flexibility index (Phi) is 2.88. The highest BCUT2D eigenvalue weighted by atomic mass is 79.9. The van der Waals surface area contributed by atoms with E-state index in [-0.39, 0.29) is 5.91 Å². The molecule has 0 radical (unpaired) electrons. The van der Waals surface area contributed by atoms with Gasteiger partial charge in [0.25, 0.3) is 5.91 Å². The Bertz CT molecular complexity index is 476. The van der Waals surface area contributed by atoms with Gasteiger partial charge in [-0.1, -0.05) is 27.5 Å². The first-order chi connectivity index (χ1) is 7.43. The molecule has 1 aromatic carbocycles. The number of halogens is 2. The summed E-state index contributed by atoms with van der Waals surface area (Å²) in [5, 5.41) is 0.513. The van der Waals surface area contributed by atoms with Crippen LogP contribution in [-0.2, 0) is 4.79 Å². The highest BCUT2D eigenvalue weighted by molar-refractivity contribution is 9.10. The third-order valence-corrected chi connectivity index (χ3v) is 3.81. The molecule has 1 heterocycles. The van der Waals surface area contributed by atoms with Gasteiger partial charge < -0.3 is 9.64 Å². The van der Waals surface area contributed by atoms with Crippen LogP contribution in [0.5, 0.6) is 5.75 Å². The van der Waals surface area contributed by atoms with Crippen molar-refractivity contribution in [3.8, 4) is 5.75 Å². The smallest absolute Gasteiger partial charge is 0.267 e. The molecule has 3 nitrogen and oxygen atoms in total. The number of anilines is 1. The van der Waals surface area contributed by atoms with Gasteiger partial charge in [-0.25, -0.2) is 0 Å². The number of rotatable bonds is 0. The molecule has 1 atom stereocenters. The standard InChI is InChI=1S/C11H11BrClNO2/c1-5-7(12)4-8(13)10-9(5)14(3)11(15)6(2)16-10/h4,6H,1-3H3. The molecule has 1 aromatic rings. The van der Waals surface area contributed by atoms with E-state index in [1.807, 2.05) is 6.92 Å². The predicted molar refractivity (Wildman–Crippen MR) is 67.4 cm³/mol. The molecule has 0 bridgehead atoms. The Morgan fingerprint density at radius 3 is 2.81 bits per heavy atom. The molecule has 1 amide bonds. The maximum Gasteiger partial charge on any atom is 0.267 e. The zero-order valence-corrected chi connectivity index (χ0v) is 11.5. The molecule has 86 valence electrons. The van der Waals surface area contributed by atoms with E-state index >= 15 is 0 Å². The van der Waals surface area contributed by atoms with Crippen LogP contribution in [0.1, 0.15) is 12.5 Å². The molecular weight excluding hydrogens is 293 g/mol. The highest BCUT2D eigenvalue weighted by Gasteiger charge is 2.32. The highest BCUT2D eigenvalue weighted by Crippen LogP contribution is 2.44. The van der Waals surface area contributed by atoms with Crippen LogP contribution in [-0.4, -0.2) is 19.1 Å². The third-order valence-electron chi connectivity index (χ3n) is 2.71. The Morgan fingerprint density at radius 1 is 1.56 bits per heavy atom. The molecule has 1 aliphatic heterocycles. The average Bonchev–Trinajstić information content (AvgIpc) is 2.22. The molecule has 0 saturated heterocycles. The molecule has 5 heteroatoms. The minimum absolute atomic E-state index is 0.0650. The van der Waals surface area contributed by atoms with Gasteiger partial charge in [0, 0.05) is 11.5 Å². The van der Waals surface area contributed by atoms with Crippen molar-refractivity contribution in [3.05, 3.63) is 21.1 Å². The quantitative estimate of drug-likeness (QED) is 0.737. The second-order valence-corrected chi connectivity index (χ2v) is 5.06. The largest absolute Gasteiger partial charge is 0.477 e. The second-order valence-electron chi connectivity index (χ2n) is 3.80. The van der Waals surface area contributed by atoms with Gasteiger partial charge >= 0.3 is 0 Å². The van der Waals surface area contributed by atoms with Gasteiger partial charge in [0.1, 0.15) is 0 Å². The third kappa shape index (κ3) is 1.60. The Labute approximate surface area is 107 Å². The van der Waals surface area contributed by atoms with E-state index in [4.69, 9.17) is 16.3 Å². The van der Waals surface area contributed by atoms with E-state index in [1.165, 1.54) is 0 Å². The van der Waals surface area contributed by atoms with E-state index in [1.54, 1.807) is 24.9 Å². The number of likely N-dealkylation sites (N-methyl/N-ethyl adjacent to an activating group) is 1. The zero-order valence-electron chi connectivity index (χ0n) is 9.17. The molecule has 1 unspecified atom stereocenters. The van der Waals surface area contributed by atoms with Crippen molar-refractivity contribution in [3.63, 3.8) is 0 Å². The fourth-order valence-corrected chi connectivity index (χ4v) is 2.60. The number of fused-ring (bicyclic) bond motifs is 1. The van der Waals surface area contributed by atoms with Crippen LogP contribution in [0.3, 0.4) is 0 Å². The Morgan fingerprint density at radius 2 is 2.19 bits per heavy atom. The molecule has 0 N–H and O–H groups in total. The van der Waals surface area contributed by atoms with Gasteiger partial charge in [0.2, 0.25) is 0 Å². The number of ether oxygens (including phenoxy) is 1. The van der Waals surface area contributed by atoms with Crippen molar-refractivity contribution in [1.29, 1.82) is 0 Å². The van der Waals surface area contributed by atoms with Crippen LogP contribution in [0.2, 0.25) is 5.02 Å². The zero-order chi connectivity index (χ0) is 12.0. The lowest BCUT2D eigenvalue weighted by atomic mass is 10.1. The summed E-state index contributed by atoms with van der Waals surface area (Å²) in [6.07, 6.45) is -0.490. The number of hydrogen-bond donors (Lipinski definition) is 0. The van der Waals surface area contributed by atoms with Gasteiger partial charge in [-0.3, -0.25) is 4.79 Å². The van der Waals surface area contributed by atoms with Crippen molar-refractivity contribution in [2.45, 2.75) is 20.0 Å². The van der Waals surface area contributed by atoms with Crippen LogP contribution in [0, 0.1) is 6.92 Å². The lowest BCUT2D eigenvalue weighted by Gasteiger charge is -2.32. The molecule has 2 rings (SSSR count). The number of amides is 1. The fraction of sp³-hybridized carbons (Fsp3) is 0.364. The van der Waals surface area contributed by atoms with Crippen molar-refractivity contribution in [2.75, 3.05) is 11.9 Å². The lowest BCUT2D eigenvalue weighted by molar-refractivity contribution is -0.125. The van der Waals surface area contributed by atoms with E-state index in [0.717, 1.165) is 15.7 Å². The molecule has 0 aromatic heterocycles. The van der Waals surface area contributed by atoms with E-state index in [2.05, 4.69) is 15.9 Å². The van der Waals surface area contributed by atoms with Gasteiger partial charge in [-0.15, -0.1) is 0 Å². The van der Waals surface area contributed by atoms with Gasteiger partial charge in [-0.2, -0.15) is 0 Å². The normalized spacial score (nSPS) is 19.4. The molecule has 16 heavy (non-hydrogen) atoms. The summed E-state index contributed by atoms with van der Waals surface area (Å²) in [5.74, 6) is 0.515. The summed E-state index contributed by atoms with van der Waals surface area (Å²) >= 11 is 9.51. The molecule has 1 aliphatic rings. The number of benzene rings is 1. The fourth-order valence-electron chi connectivity index (χ4n) is 1.81. The first-order valence-electron chi connectivity index (χ1n) is 4.86. The lowest BCUT2D eigenvalue weighted by Crippen LogP contribution is -2.42. The number of carbonyl (C=O) groups is 1. The average molecular weight is 305 g/mol. The first kappa shape index (κ1) is 11.7. The van der Waals surface area contributed by atoms with Gasteiger partial charge in [-0.05, 0) is 25.5 Å². The Balaban J connectivity index is 2.70. The van der Waals surface area contributed by atoms with E-state index in [9.17, 15) is 4.79 Å². The topological polar surface area (TPSA) is 29.5 Å². The predicted octanol–water partition coefficient (Wildman–Crippen LogP) is 3.15. The molecule has 0 saturated carbocycles. The minimum atomic E-state index is -0.490. The van der Waals surface area contributed by atoms with Crippen LogP contribution in [0.4, 0.5) is 5.69 Å².